The molecule has 1 aliphatic heterocycles. The highest BCUT2D eigenvalue weighted by atomic mass is 16.6. The standard InChI is InChI=1S/C15H24N2O2/c1-11(2)14-5-7-17(10-13(14)9-16)15(18)19-8-6-12-3-4-12/h11-14H,3-8,10H2,1-2H3. The highest BCUT2D eigenvalue weighted by Gasteiger charge is 2.33. The lowest BCUT2D eigenvalue weighted by Gasteiger charge is -2.36. The number of nitriles is 1. The summed E-state index contributed by atoms with van der Waals surface area (Å²) in [5.41, 5.74) is 0. The van der Waals surface area contributed by atoms with Crippen molar-refractivity contribution >= 4 is 6.09 Å². The van der Waals surface area contributed by atoms with Gasteiger partial charge in [0.2, 0.25) is 0 Å². The van der Waals surface area contributed by atoms with Crippen molar-refractivity contribution in [1.82, 2.24) is 4.90 Å². The Morgan fingerprint density at radius 3 is 2.74 bits per heavy atom. The molecule has 1 saturated carbocycles. The van der Waals surface area contributed by atoms with Gasteiger partial charge in [-0.15, -0.1) is 0 Å². The highest BCUT2D eigenvalue weighted by Crippen LogP contribution is 2.32. The third-order valence-electron chi connectivity index (χ3n) is 4.40. The highest BCUT2D eigenvalue weighted by molar-refractivity contribution is 5.67. The van der Waals surface area contributed by atoms with Crippen molar-refractivity contribution in [3.05, 3.63) is 0 Å². The molecule has 4 nitrogen and oxygen atoms in total. The fraction of sp³-hybridized carbons (Fsp3) is 0.867. The van der Waals surface area contributed by atoms with Crippen molar-refractivity contribution in [1.29, 1.82) is 5.26 Å². The summed E-state index contributed by atoms with van der Waals surface area (Å²) in [6.45, 7) is 6.09. The topological polar surface area (TPSA) is 53.3 Å². The Kier molecular flexibility index (Phi) is 4.68. The minimum Gasteiger partial charge on any atom is -0.449 e. The number of hydrogen-bond donors (Lipinski definition) is 0. The Morgan fingerprint density at radius 1 is 1.42 bits per heavy atom. The largest absolute Gasteiger partial charge is 0.449 e. The predicted molar refractivity (Wildman–Crippen MR) is 72.3 cm³/mol. The van der Waals surface area contributed by atoms with Crippen LogP contribution in [0, 0.1) is 35.0 Å². The van der Waals surface area contributed by atoms with Gasteiger partial charge in [0.05, 0.1) is 18.6 Å². The lowest BCUT2D eigenvalue weighted by atomic mass is 9.79. The molecule has 2 rings (SSSR count). The van der Waals surface area contributed by atoms with E-state index in [1.807, 2.05) is 0 Å². The molecular weight excluding hydrogens is 240 g/mol. The smallest absolute Gasteiger partial charge is 0.409 e. The summed E-state index contributed by atoms with van der Waals surface area (Å²) in [6, 6.07) is 2.36. The van der Waals surface area contributed by atoms with Crippen molar-refractivity contribution < 1.29 is 9.53 Å². The number of carbonyl (C=O) groups excluding carboxylic acids is 1. The van der Waals surface area contributed by atoms with Gasteiger partial charge in [-0.3, -0.25) is 0 Å². The summed E-state index contributed by atoms with van der Waals surface area (Å²) in [6.07, 6.45) is 4.24. The second kappa shape index (κ2) is 6.27. The van der Waals surface area contributed by atoms with E-state index in [0.29, 0.717) is 25.0 Å². The molecule has 1 heterocycles. The van der Waals surface area contributed by atoms with Crippen LogP contribution in [0.5, 0.6) is 0 Å². The Hall–Kier alpha value is -1.24. The number of carbonyl (C=O) groups is 1. The normalized spacial score (nSPS) is 27.2. The van der Waals surface area contributed by atoms with Crippen LogP contribution in [0.25, 0.3) is 0 Å². The summed E-state index contributed by atoms with van der Waals surface area (Å²) in [7, 11) is 0. The first kappa shape index (κ1) is 14.2. The van der Waals surface area contributed by atoms with E-state index in [-0.39, 0.29) is 12.0 Å². The monoisotopic (exact) mass is 264 g/mol. The van der Waals surface area contributed by atoms with Crippen LogP contribution in [-0.2, 0) is 4.74 Å². The molecule has 0 spiro atoms. The molecular formula is C15H24N2O2. The molecule has 2 fully saturated rings. The number of ether oxygens (including phenoxy) is 1. The van der Waals surface area contributed by atoms with Gasteiger partial charge in [-0.05, 0) is 30.6 Å². The van der Waals surface area contributed by atoms with E-state index in [4.69, 9.17) is 4.74 Å². The maximum atomic E-state index is 11.9. The van der Waals surface area contributed by atoms with Crippen molar-refractivity contribution in [2.75, 3.05) is 19.7 Å². The van der Waals surface area contributed by atoms with Crippen LogP contribution < -0.4 is 0 Å². The zero-order valence-electron chi connectivity index (χ0n) is 12.0. The average molecular weight is 264 g/mol. The molecule has 2 atom stereocenters. The SMILES string of the molecule is CC(C)C1CCN(C(=O)OCCC2CC2)CC1C#N. The van der Waals surface area contributed by atoms with Gasteiger partial charge in [0.1, 0.15) is 0 Å². The van der Waals surface area contributed by atoms with E-state index in [2.05, 4.69) is 19.9 Å². The van der Waals surface area contributed by atoms with E-state index < -0.39 is 0 Å². The van der Waals surface area contributed by atoms with E-state index in [9.17, 15) is 10.1 Å². The lowest BCUT2D eigenvalue weighted by molar-refractivity contribution is 0.0689. The summed E-state index contributed by atoms with van der Waals surface area (Å²) >= 11 is 0. The number of nitrogens with zero attached hydrogens (tertiary/aromatic N) is 2. The molecule has 19 heavy (non-hydrogen) atoms. The number of rotatable bonds is 4. The minimum absolute atomic E-state index is 0.0512. The van der Waals surface area contributed by atoms with E-state index in [0.717, 1.165) is 25.3 Å². The fourth-order valence-corrected chi connectivity index (χ4v) is 2.88. The van der Waals surface area contributed by atoms with E-state index in [1.54, 1.807) is 4.90 Å². The number of piperidine rings is 1. The van der Waals surface area contributed by atoms with Crippen LogP contribution in [0.1, 0.15) is 39.5 Å². The number of likely N-dealkylation sites (tertiary alicyclic amines) is 1. The molecule has 106 valence electrons. The first-order valence-corrected chi connectivity index (χ1v) is 7.43. The van der Waals surface area contributed by atoms with Crippen LogP contribution in [0.15, 0.2) is 0 Å². The van der Waals surface area contributed by atoms with Crippen LogP contribution in [-0.4, -0.2) is 30.7 Å². The van der Waals surface area contributed by atoms with Crippen molar-refractivity contribution in [3.8, 4) is 6.07 Å². The first-order valence-electron chi connectivity index (χ1n) is 7.43. The van der Waals surface area contributed by atoms with Crippen LogP contribution in [0.2, 0.25) is 0 Å². The van der Waals surface area contributed by atoms with E-state index in [1.165, 1.54) is 12.8 Å². The predicted octanol–water partition coefficient (Wildman–Crippen LogP) is 3.04. The second-order valence-electron chi connectivity index (χ2n) is 6.22. The lowest BCUT2D eigenvalue weighted by Crippen LogP contribution is -2.45. The average Bonchev–Trinajstić information content (AvgIpc) is 3.21. The van der Waals surface area contributed by atoms with Gasteiger partial charge in [0.15, 0.2) is 0 Å². The molecule has 0 aromatic carbocycles. The van der Waals surface area contributed by atoms with Crippen LogP contribution >= 0.6 is 0 Å². The fourth-order valence-electron chi connectivity index (χ4n) is 2.88. The van der Waals surface area contributed by atoms with Crippen LogP contribution in [0.3, 0.4) is 0 Å². The zero-order valence-corrected chi connectivity index (χ0v) is 12.0. The Bertz CT molecular complexity index is 358. The molecule has 2 unspecified atom stereocenters. The third kappa shape index (κ3) is 3.86. The summed E-state index contributed by atoms with van der Waals surface area (Å²) in [5.74, 6) is 1.63. The third-order valence-corrected chi connectivity index (χ3v) is 4.40. The summed E-state index contributed by atoms with van der Waals surface area (Å²) in [4.78, 5) is 13.6. The molecule has 0 aromatic rings. The summed E-state index contributed by atoms with van der Waals surface area (Å²) < 4.78 is 5.30. The zero-order chi connectivity index (χ0) is 13.8. The molecule has 0 aromatic heterocycles. The molecule has 1 aliphatic carbocycles. The molecule has 2 aliphatic rings. The Morgan fingerprint density at radius 2 is 2.16 bits per heavy atom. The second-order valence-corrected chi connectivity index (χ2v) is 6.22. The van der Waals surface area contributed by atoms with Crippen molar-refractivity contribution in [2.45, 2.75) is 39.5 Å². The van der Waals surface area contributed by atoms with Crippen molar-refractivity contribution in [2.24, 2.45) is 23.7 Å². The first-order chi connectivity index (χ1) is 9.11. The minimum atomic E-state index is -0.233. The van der Waals surface area contributed by atoms with Gasteiger partial charge in [0.25, 0.3) is 0 Å². The quantitative estimate of drug-likeness (QED) is 0.784. The molecule has 4 heteroatoms. The van der Waals surface area contributed by atoms with Gasteiger partial charge >= 0.3 is 6.09 Å². The van der Waals surface area contributed by atoms with Gasteiger partial charge in [-0.1, -0.05) is 26.7 Å². The molecule has 1 amide bonds. The maximum absolute atomic E-state index is 11.9. The van der Waals surface area contributed by atoms with E-state index >= 15 is 0 Å². The summed E-state index contributed by atoms with van der Waals surface area (Å²) in [5, 5.41) is 9.24. The Balaban J connectivity index is 1.77. The van der Waals surface area contributed by atoms with Gasteiger partial charge in [-0.25, -0.2) is 4.79 Å². The van der Waals surface area contributed by atoms with Gasteiger partial charge < -0.3 is 9.64 Å². The molecule has 0 N–H and O–H groups in total. The van der Waals surface area contributed by atoms with Gasteiger partial charge in [0, 0.05) is 13.1 Å². The van der Waals surface area contributed by atoms with Crippen LogP contribution in [0.4, 0.5) is 4.79 Å². The molecule has 0 bridgehead atoms. The Labute approximate surface area is 115 Å². The molecule has 0 radical (unpaired) electrons. The number of hydrogen-bond acceptors (Lipinski definition) is 3. The molecule has 1 saturated heterocycles. The number of amides is 1. The maximum Gasteiger partial charge on any atom is 0.409 e. The van der Waals surface area contributed by atoms with Gasteiger partial charge in [-0.2, -0.15) is 5.26 Å². The van der Waals surface area contributed by atoms with Crippen molar-refractivity contribution in [3.63, 3.8) is 0 Å².